The highest BCUT2D eigenvalue weighted by molar-refractivity contribution is 7.98. The first-order valence-electron chi connectivity index (χ1n) is 4.27. The number of hydrogen-bond acceptors (Lipinski definition) is 1. The van der Waals surface area contributed by atoms with E-state index >= 15 is 0 Å². The van der Waals surface area contributed by atoms with Crippen molar-refractivity contribution in [1.29, 1.82) is 0 Å². The Morgan fingerprint density at radius 1 is 1.55 bits per heavy atom. The molecular weight excluding hydrogens is 176 g/mol. The Kier molecular flexibility index (Phi) is 3.57. The van der Waals surface area contributed by atoms with E-state index in [1.165, 1.54) is 25.0 Å². The maximum Gasteiger partial charge on any atom is 0.0280 e. The Morgan fingerprint density at radius 2 is 2.18 bits per heavy atom. The number of rotatable bonds is 4. The van der Waals surface area contributed by atoms with Gasteiger partial charge in [0.2, 0.25) is 0 Å². The van der Waals surface area contributed by atoms with Crippen LogP contribution < -0.4 is 0 Å². The summed E-state index contributed by atoms with van der Waals surface area (Å²) in [6, 6.07) is 0. The molecule has 0 saturated heterocycles. The number of thioether (sulfide) groups is 1. The molecule has 11 heavy (non-hydrogen) atoms. The van der Waals surface area contributed by atoms with Crippen LogP contribution in [0.1, 0.15) is 26.2 Å². The lowest BCUT2D eigenvalue weighted by Crippen LogP contribution is -2.37. The van der Waals surface area contributed by atoms with E-state index < -0.39 is 0 Å². The SMILES string of the molecule is CSCCC1(CCl)CC(C)C1. The molecule has 0 bridgehead atoms. The minimum Gasteiger partial charge on any atom is -0.165 e. The van der Waals surface area contributed by atoms with Gasteiger partial charge in [-0.1, -0.05) is 6.92 Å². The number of halogens is 1. The molecule has 0 radical (unpaired) electrons. The third-order valence-corrected chi connectivity index (χ3v) is 3.86. The van der Waals surface area contributed by atoms with E-state index in [1.54, 1.807) is 0 Å². The predicted molar refractivity (Wildman–Crippen MR) is 54.6 cm³/mol. The molecule has 0 aromatic carbocycles. The van der Waals surface area contributed by atoms with Gasteiger partial charge in [0, 0.05) is 5.88 Å². The van der Waals surface area contributed by atoms with Crippen molar-refractivity contribution in [2.75, 3.05) is 17.9 Å². The summed E-state index contributed by atoms with van der Waals surface area (Å²) in [5, 5.41) is 0. The summed E-state index contributed by atoms with van der Waals surface area (Å²) < 4.78 is 0. The van der Waals surface area contributed by atoms with Crippen molar-refractivity contribution in [3.05, 3.63) is 0 Å². The van der Waals surface area contributed by atoms with Gasteiger partial charge in [0.1, 0.15) is 0 Å². The van der Waals surface area contributed by atoms with Crippen LogP contribution in [-0.4, -0.2) is 17.9 Å². The summed E-state index contributed by atoms with van der Waals surface area (Å²) in [5.74, 6) is 3.08. The molecule has 0 aromatic rings. The van der Waals surface area contributed by atoms with E-state index in [0.717, 1.165) is 11.8 Å². The summed E-state index contributed by atoms with van der Waals surface area (Å²) >= 11 is 7.89. The van der Waals surface area contributed by atoms with Crippen molar-refractivity contribution in [1.82, 2.24) is 0 Å². The summed E-state index contributed by atoms with van der Waals surface area (Å²) in [4.78, 5) is 0. The third kappa shape index (κ3) is 2.29. The monoisotopic (exact) mass is 192 g/mol. The highest BCUT2D eigenvalue weighted by Crippen LogP contribution is 2.49. The molecule has 0 N–H and O–H groups in total. The van der Waals surface area contributed by atoms with E-state index in [9.17, 15) is 0 Å². The zero-order valence-electron chi connectivity index (χ0n) is 7.40. The summed E-state index contributed by atoms with van der Waals surface area (Å²) in [5.41, 5.74) is 0.532. The predicted octanol–water partition coefficient (Wildman–Crippen LogP) is 3.39. The van der Waals surface area contributed by atoms with Crippen molar-refractivity contribution >= 4 is 23.4 Å². The van der Waals surface area contributed by atoms with Gasteiger partial charge >= 0.3 is 0 Å². The molecule has 0 unspecified atom stereocenters. The Morgan fingerprint density at radius 3 is 2.55 bits per heavy atom. The van der Waals surface area contributed by atoms with Crippen LogP contribution in [0.4, 0.5) is 0 Å². The maximum atomic E-state index is 5.95. The summed E-state index contributed by atoms with van der Waals surface area (Å²) in [6.45, 7) is 2.32. The van der Waals surface area contributed by atoms with Crippen LogP contribution in [0, 0.1) is 11.3 Å². The van der Waals surface area contributed by atoms with Crippen LogP contribution in [0.5, 0.6) is 0 Å². The highest BCUT2D eigenvalue weighted by Gasteiger charge is 2.40. The molecule has 2 heteroatoms. The van der Waals surface area contributed by atoms with Crippen molar-refractivity contribution in [2.24, 2.45) is 11.3 Å². The van der Waals surface area contributed by atoms with Gasteiger partial charge < -0.3 is 0 Å². The Labute approximate surface area is 79.1 Å². The molecule has 0 aliphatic heterocycles. The van der Waals surface area contributed by atoms with Crippen molar-refractivity contribution in [2.45, 2.75) is 26.2 Å². The maximum absolute atomic E-state index is 5.95. The Bertz CT molecular complexity index is 119. The second-order valence-corrected chi connectivity index (χ2v) is 5.14. The molecule has 0 spiro atoms. The van der Waals surface area contributed by atoms with Crippen molar-refractivity contribution in [3.63, 3.8) is 0 Å². The Balaban J connectivity index is 2.26. The molecule has 1 aliphatic rings. The van der Waals surface area contributed by atoms with Crippen LogP contribution in [0.2, 0.25) is 0 Å². The van der Waals surface area contributed by atoms with Gasteiger partial charge in [0.05, 0.1) is 0 Å². The number of alkyl halides is 1. The van der Waals surface area contributed by atoms with Gasteiger partial charge in [-0.15, -0.1) is 11.6 Å². The fourth-order valence-electron chi connectivity index (χ4n) is 2.12. The quantitative estimate of drug-likeness (QED) is 0.616. The first-order chi connectivity index (χ1) is 5.22. The van der Waals surface area contributed by atoms with E-state index in [2.05, 4.69) is 13.2 Å². The van der Waals surface area contributed by atoms with E-state index in [0.29, 0.717) is 5.41 Å². The second-order valence-electron chi connectivity index (χ2n) is 3.89. The molecular formula is C9H17ClS. The smallest absolute Gasteiger partial charge is 0.0280 e. The van der Waals surface area contributed by atoms with Gasteiger partial charge in [0.15, 0.2) is 0 Å². The molecule has 0 aromatic heterocycles. The summed E-state index contributed by atoms with van der Waals surface area (Å²) in [6.07, 6.45) is 6.21. The zero-order valence-corrected chi connectivity index (χ0v) is 8.97. The van der Waals surface area contributed by atoms with Crippen LogP contribution in [0.15, 0.2) is 0 Å². The van der Waals surface area contributed by atoms with Gasteiger partial charge in [-0.3, -0.25) is 0 Å². The fraction of sp³-hybridized carbons (Fsp3) is 1.00. The molecule has 0 amide bonds. The molecule has 0 atom stereocenters. The van der Waals surface area contributed by atoms with Crippen LogP contribution >= 0.6 is 23.4 Å². The lowest BCUT2D eigenvalue weighted by molar-refractivity contribution is 0.0890. The molecule has 66 valence electrons. The van der Waals surface area contributed by atoms with Crippen LogP contribution in [0.25, 0.3) is 0 Å². The van der Waals surface area contributed by atoms with Crippen molar-refractivity contribution < 1.29 is 0 Å². The molecule has 1 saturated carbocycles. The highest BCUT2D eigenvalue weighted by atomic mass is 35.5. The second kappa shape index (κ2) is 4.04. The van der Waals surface area contributed by atoms with E-state index in [-0.39, 0.29) is 0 Å². The topological polar surface area (TPSA) is 0 Å². The molecule has 1 fully saturated rings. The molecule has 0 nitrogen and oxygen atoms in total. The standard InChI is InChI=1S/C9H17ClS/c1-8-5-9(6-8,7-10)3-4-11-2/h8H,3-7H2,1-2H3. The van der Waals surface area contributed by atoms with Gasteiger partial charge in [-0.25, -0.2) is 0 Å². The average Bonchev–Trinajstić information content (AvgIpc) is 1.96. The lowest BCUT2D eigenvalue weighted by atomic mass is 9.62. The summed E-state index contributed by atoms with van der Waals surface area (Å²) in [7, 11) is 0. The minimum atomic E-state index is 0.532. The van der Waals surface area contributed by atoms with Gasteiger partial charge in [-0.05, 0) is 42.6 Å². The average molecular weight is 193 g/mol. The number of hydrogen-bond donors (Lipinski definition) is 0. The van der Waals surface area contributed by atoms with E-state index in [1.807, 2.05) is 11.8 Å². The van der Waals surface area contributed by atoms with Gasteiger partial charge in [-0.2, -0.15) is 11.8 Å². The van der Waals surface area contributed by atoms with Crippen molar-refractivity contribution in [3.8, 4) is 0 Å². The molecule has 1 rings (SSSR count). The van der Waals surface area contributed by atoms with Crippen LogP contribution in [0.3, 0.4) is 0 Å². The first-order valence-corrected chi connectivity index (χ1v) is 6.20. The third-order valence-electron chi connectivity index (χ3n) is 2.68. The fourth-order valence-corrected chi connectivity index (χ4v) is 3.11. The van der Waals surface area contributed by atoms with E-state index in [4.69, 9.17) is 11.6 Å². The van der Waals surface area contributed by atoms with Crippen LogP contribution in [-0.2, 0) is 0 Å². The van der Waals surface area contributed by atoms with Gasteiger partial charge in [0.25, 0.3) is 0 Å². The first kappa shape index (κ1) is 9.73. The largest absolute Gasteiger partial charge is 0.165 e. The molecule has 1 aliphatic carbocycles. The minimum absolute atomic E-state index is 0.532. The zero-order chi connectivity index (χ0) is 8.32. The normalized spacial score (nSPS) is 36.8. The Hall–Kier alpha value is 0.640. The molecule has 0 heterocycles. The lowest BCUT2D eigenvalue weighted by Gasteiger charge is -2.45.